The quantitative estimate of drug-likeness (QED) is 0.745. The van der Waals surface area contributed by atoms with E-state index in [2.05, 4.69) is 0 Å². The van der Waals surface area contributed by atoms with Gasteiger partial charge in [0.15, 0.2) is 16.4 Å². The van der Waals surface area contributed by atoms with Crippen molar-refractivity contribution in [2.75, 3.05) is 18.1 Å². The molecule has 0 N–H and O–H groups in total. The summed E-state index contributed by atoms with van der Waals surface area (Å²) in [5.41, 5.74) is 2.26. The summed E-state index contributed by atoms with van der Waals surface area (Å²) in [6.07, 6.45) is 0.589. The SMILES string of the molecule is Cc1cc(C(=O)COc2cccc(Cl)c2)c(C)n1[C@@H]1CCS(=O)(=O)C1. The van der Waals surface area contributed by atoms with Crippen LogP contribution in [-0.4, -0.2) is 36.9 Å². The van der Waals surface area contributed by atoms with Gasteiger partial charge in [0, 0.05) is 28.0 Å². The number of sulfone groups is 1. The topological polar surface area (TPSA) is 65.4 Å². The number of aryl methyl sites for hydroxylation is 1. The second-order valence-corrected chi connectivity index (χ2v) is 9.05. The van der Waals surface area contributed by atoms with Crippen molar-refractivity contribution in [2.24, 2.45) is 0 Å². The molecule has 1 aromatic carbocycles. The van der Waals surface area contributed by atoms with E-state index >= 15 is 0 Å². The van der Waals surface area contributed by atoms with Crippen LogP contribution in [0.1, 0.15) is 34.2 Å². The lowest BCUT2D eigenvalue weighted by Gasteiger charge is -2.16. The Morgan fingerprint density at radius 3 is 2.72 bits per heavy atom. The molecular weight excluding hydrogens is 362 g/mol. The maximum atomic E-state index is 12.5. The summed E-state index contributed by atoms with van der Waals surface area (Å²) >= 11 is 5.90. The lowest BCUT2D eigenvalue weighted by atomic mass is 10.1. The van der Waals surface area contributed by atoms with Crippen molar-refractivity contribution in [1.82, 2.24) is 4.57 Å². The zero-order valence-corrected chi connectivity index (χ0v) is 15.7. The van der Waals surface area contributed by atoms with E-state index in [1.807, 2.05) is 24.5 Å². The lowest BCUT2D eigenvalue weighted by Crippen LogP contribution is -2.16. The number of hydrogen-bond donors (Lipinski definition) is 0. The van der Waals surface area contributed by atoms with Crippen LogP contribution in [0.15, 0.2) is 30.3 Å². The summed E-state index contributed by atoms with van der Waals surface area (Å²) in [6.45, 7) is 3.66. The van der Waals surface area contributed by atoms with Crippen molar-refractivity contribution < 1.29 is 17.9 Å². The van der Waals surface area contributed by atoms with E-state index in [1.54, 1.807) is 24.3 Å². The fourth-order valence-corrected chi connectivity index (χ4v) is 5.26. The maximum absolute atomic E-state index is 12.5. The third-order valence-electron chi connectivity index (χ3n) is 4.52. The Morgan fingerprint density at radius 1 is 1.32 bits per heavy atom. The van der Waals surface area contributed by atoms with Crippen LogP contribution in [0.2, 0.25) is 5.02 Å². The molecule has 1 atom stereocenters. The minimum Gasteiger partial charge on any atom is -0.485 e. The van der Waals surface area contributed by atoms with Gasteiger partial charge in [-0.1, -0.05) is 17.7 Å². The number of ketones is 1. The van der Waals surface area contributed by atoms with Crippen LogP contribution in [0.4, 0.5) is 0 Å². The first-order valence-corrected chi connectivity index (χ1v) is 10.3. The fraction of sp³-hybridized carbons (Fsp3) is 0.389. The zero-order chi connectivity index (χ0) is 18.2. The molecule has 0 amide bonds. The van der Waals surface area contributed by atoms with E-state index in [1.165, 1.54) is 0 Å². The van der Waals surface area contributed by atoms with Crippen LogP contribution >= 0.6 is 11.6 Å². The molecule has 1 aliphatic rings. The predicted octanol–water partition coefficient (Wildman–Crippen LogP) is 3.38. The number of ether oxygens (including phenoxy) is 1. The molecule has 3 rings (SSSR count). The van der Waals surface area contributed by atoms with Gasteiger partial charge in [0.05, 0.1) is 11.5 Å². The molecule has 2 aromatic rings. The summed E-state index contributed by atoms with van der Waals surface area (Å²) in [5, 5.41) is 0.547. The molecule has 1 aromatic heterocycles. The molecule has 1 fully saturated rings. The highest BCUT2D eigenvalue weighted by molar-refractivity contribution is 7.91. The average molecular weight is 382 g/mol. The number of rotatable bonds is 5. The number of carbonyl (C=O) groups excluding carboxylic acids is 1. The summed E-state index contributed by atoms with van der Waals surface area (Å²) in [4.78, 5) is 12.5. The lowest BCUT2D eigenvalue weighted by molar-refractivity contribution is 0.0920. The molecule has 134 valence electrons. The van der Waals surface area contributed by atoms with E-state index in [0.29, 0.717) is 22.8 Å². The number of nitrogens with zero attached hydrogens (tertiary/aromatic N) is 1. The van der Waals surface area contributed by atoms with Gasteiger partial charge in [-0.05, 0) is 44.5 Å². The van der Waals surface area contributed by atoms with Gasteiger partial charge in [-0.25, -0.2) is 8.42 Å². The molecule has 25 heavy (non-hydrogen) atoms. The number of halogens is 1. The Labute approximate surface area is 152 Å². The summed E-state index contributed by atoms with van der Waals surface area (Å²) < 4.78 is 31.0. The molecule has 7 heteroatoms. The molecule has 1 aliphatic heterocycles. The first kappa shape index (κ1) is 18.0. The van der Waals surface area contributed by atoms with Gasteiger partial charge in [0.25, 0.3) is 0 Å². The number of benzene rings is 1. The molecule has 0 aliphatic carbocycles. The number of aromatic nitrogens is 1. The molecule has 0 unspecified atom stereocenters. The fourth-order valence-electron chi connectivity index (χ4n) is 3.38. The normalized spacial score (nSPS) is 19.1. The smallest absolute Gasteiger partial charge is 0.202 e. The van der Waals surface area contributed by atoms with Crippen LogP contribution in [0.3, 0.4) is 0 Å². The van der Waals surface area contributed by atoms with E-state index < -0.39 is 9.84 Å². The first-order chi connectivity index (χ1) is 11.8. The van der Waals surface area contributed by atoms with Crippen molar-refractivity contribution in [3.05, 3.63) is 52.3 Å². The van der Waals surface area contributed by atoms with Gasteiger partial charge in [0.2, 0.25) is 5.78 Å². The largest absolute Gasteiger partial charge is 0.485 e. The first-order valence-electron chi connectivity index (χ1n) is 8.07. The predicted molar refractivity (Wildman–Crippen MR) is 97.5 cm³/mol. The minimum absolute atomic E-state index is 0.0897. The van der Waals surface area contributed by atoms with Crippen molar-refractivity contribution in [3.8, 4) is 5.75 Å². The Kier molecular flexibility index (Phi) is 4.93. The van der Waals surface area contributed by atoms with Crippen molar-refractivity contribution in [2.45, 2.75) is 26.3 Å². The summed E-state index contributed by atoms with van der Waals surface area (Å²) in [6, 6.07) is 8.60. The Bertz CT molecular complexity index is 917. The van der Waals surface area contributed by atoms with E-state index in [4.69, 9.17) is 16.3 Å². The standard InChI is InChI=1S/C18H20ClNO4S/c1-12-8-17(13(2)20(12)15-6-7-25(22,23)11-15)18(21)10-24-16-5-3-4-14(19)9-16/h3-5,8-9,15H,6-7,10-11H2,1-2H3/t15-/m1/s1. The number of Topliss-reactive ketones (excluding diaryl/α,β-unsaturated/α-hetero) is 1. The second-order valence-electron chi connectivity index (χ2n) is 6.38. The second kappa shape index (κ2) is 6.84. The molecule has 0 radical (unpaired) electrons. The Balaban J connectivity index is 1.76. The minimum atomic E-state index is -2.98. The van der Waals surface area contributed by atoms with Gasteiger partial charge in [0.1, 0.15) is 5.75 Å². The van der Waals surface area contributed by atoms with Crippen molar-refractivity contribution in [3.63, 3.8) is 0 Å². The van der Waals surface area contributed by atoms with Crippen LogP contribution < -0.4 is 4.74 Å². The van der Waals surface area contributed by atoms with Crippen LogP contribution in [0, 0.1) is 13.8 Å². The van der Waals surface area contributed by atoms with Gasteiger partial charge < -0.3 is 9.30 Å². The highest BCUT2D eigenvalue weighted by Gasteiger charge is 2.31. The molecule has 0 saturated carbocycles. The van der Waals surface area contributed by atoms with Gasteiger partial charge >= 0.3 is 0 Å². The maximum Gasteiger partial charge on any atom is 0.202 e. The van der Waals surface area contributed by atoms with E-state index in [9.17, 15) is 13.2 Å². The summed E-state index contributed by atoms with van der Waals surface area (Å²) in [5.74, 6) is 0.739. The molecule has 1 saturated heterocycles. The van der Waals surface area contributed by atoms with Crippen LogP contribution in [0.5, 0.6) is 5.75 Å². The summed E-state index contributed by atoms with van der Waals surface area (Å²) in [7, 11) is -2.98. The number of hydrogen-bond acceptors (Lipinski definition) is 4. The van der Waals surface area contributed by atoms with E-state index in [0.717, 1.165) is 11.4 Å². The highest BCUT2D eigenvalue weighted by atomic mass is 35.5. The van der Waals surface area contributed by atoms with Crippen molar-refractivity contribution in [1.29, 1.82) is 0 Å². The molecular formula is C18H20ClNO4S. The average Bonchev–Trinajstić information content (AvgIpc) is 3.04. The zero-order valence-electron chi connectivity index (χ0n) is 14.2. The monoisotopic (exact) mass is 381 g/mol. The Morgan fingerprint density at radius 2 is 2.08 bits per heavy atom. The molecule has 2 heterocycles. The third-order valence-corrected chi connectivity index (χ3v) is 6.51. The molecule has 0 spiro atoms. The van der Waals surface area contributed by atoms with Gasteiger partial charge in [-0.3, -0.25) is 4.79 Å². The van der Waals surface area contributed by atoms with Gasteiger partial charge in [-0.2, -0.15) is 0 Å². The molecule has 0 bridgehead atoms. The van der Waals surface area contributed by atoms with Crippen LogP contribution in [-0.2, 0) is 9.84 Å². The van der Waals surface area contributed by atoms with Crippen LogP contribution in [0.25, 0.3) is 0 Å². The van der Waals surface area contributed by atoms with Gasteiger partial charge in [-0.15, -0.1) is 0 Å². The highest BCUT2D eigenvalue weighted by Crippen LogP contribution is 2.29. The van der Waals surface area contributed by atoms with Crippen molar-refractivity contribution >= 4 is 27.2 Å². The third kappa shape index (κ3) is 3.90. The Hall–Kier alpha value is -1.79. The number of carbonyl (C=O) groups is 1. The molecule has 5 nitrogen and oxygen atoms in total. The van der Waals surface area contributed by atoms with E-state index in [-0.39, 0.29) is 29.9 Å².